The first-order valence-electron chi connectivity index (χ1n) is 6.85. The molecule has 2 heterocycles. The Morgan fingerprint density at radius 2 is 1.81 bits per heavy atom. The van der Waals surface area contributed by atoms with E-state index in [4.69, 9.17) is 0 Å². The van der Waals surface area contributed by atoms with Crippen molar-refractivity contribution in [3.8, 4) is 5.69 Å². The summed E-state index contributed by atoms with van der Waals surface area (Å²) in [6, 6.07) is 10.2. The number of aromatic carboxylic acids is 1. The molecular formula is C15H15N3O3. The molecule has 0 radical (unpaired) electrons. The fraction of sp³-hybridized carbons (Fsp3) is 0.267. The molecule has 1 aliphatic heterocycles. The first kappa shape index (κ1) is 13.4. The van der Waals surface area contributed by atoms with Crippen LogP contribution in [0.15, 0.2) is 41.2 Å². The van der Waals surface area contributed by atoms with Crippen LogP contribution in [0.5, 0.6) is 0 Å². The van der Waals surface area contributed by atoms with E-state index >= 15 is 0 Å². The van der Waals surface area contributed by atoms with Gasteiger partial charge in [-0.15, -0.1) is 0 Å². The van der Waals surface area contributed by atoms with Crippen molar-refractivity contribution in [3.05, 3.63) is 52.4 Å². The van der Waals surface area contributed by atoms with Gasteiger partial charge in [-0.3, -0.25) is 4.79 Å². The molecule has 0 unspecified atom stereocenters. The number of benzene rings is 1. The van der Waals surface area contributed by atoms with Gasteiger partial charge in [-0.2, -0.15) is 9.78 Å². The number of carboxylic acid groups (broad SMARTS) is 1. The van der Waals surface area contributed by atoms with Gasteiger partial charge in [0.05, 0.1) is 11.4 Å². The summed E-state index contributed by atoms with van der Waals surface area (Å²) in [5.41, 5.74) is 0.559. The van der Waals surface area contributed by atoms with Crippen molar-refractivity contribution in [2.45, 2.75) is 12.8 Å². The number of para-hydroxylation sites is 1. The molecule has 6 nitrogen and oxygen atoms in total. The Labute approximate surface area is 121 Å². The molecule has 0 amide bonds. The maximum absolute atomic E-state index is 12.3. The molecule has 1 N–H and O–H groups in total. The quantitative estimate of drug-likeness (QED) is 0.925. The molecule has 1 saturated heterocycles. The van der Waals surface area contributed by atoms with Crippen molar-refractivity contribution < 1.29 is 9.90 Å². The number of hydrogen-bond donors (Lipinski definition) is 1. The molecular weight excluding hydrogens is 270 g/mol. The van der Waals surface area contributed by atoms with E-state index in [1.165, 1.54) is 6.07 Å². The Kier molecular flexibility index (Phi) is 3.43. The van der Waals surface area contributed by atoms with Gasteiger partial charge >= 0.3 is 5.97 Å². The average molecular weight is 285 g/mol. The summed E-state index contributed by atoms with van der Waals surface area (Å²) in [7, 11) is 0. The highest BCUT2D eigenvalue weighted by Crippen LogP contribution is 2.22. The van der Waals surface area contributed by atoms with Crippen LogP contribution in [0.4, 0.5) is 5.69 Å². The lowest BCUT2D eigenvalue weighted by atomic mass is 10.2. The van der Waals surface area contributed by atoms with Gasteiger partial charge in [0.1, 0.15) is 0 Å². The molecule has 0 atom stereocenters. The van der Waals surface area contributed by atoms with Crippen LogP contribution in [-0.4, -0.2) is 33.9 Å². The predicted octanol–water partition coefficient (Wildman–Crippen LogP) is 1.53. The zero-order valence-electron chi connectivity index (χ0n) is 11.4. The molecule has 0 aliphatic carbocycles. The van der Waals surface area contributed by atoms with E-state index in [2.05, 4.69) is 5.10 Å². The van der Waals surface area contributed by atoms with Crippen LogP contribution in [0, 0.1) is 0 Å². The second kappa shape index (κ2) is 5.40. The molecule has 108 valence electrons. The molecule has 6 heteroatoms. The Bertz CT molecular complexity index is 719. The molecule has 1 aromatic carbocycles. The average Bonchev–Trinajstić information content (AvgIpc) is 3.01. The van der Waals surface area contributed by atoms with Crippen molar-refractivity contribution in [1.82, 2.24) is 9.78 Å². The largest absolute Gasteiger partial charge is 0.476 e. The second-order valence-corrected chi connectivity index (χ2v) is 4.96. The minimum atomic E-state index is -1.12. The van der Waals surface area contributed by atoms with Crippen LogP contribution in [0.3, 0.4) is 0 Å². The fourth-order valence-corrected chi connectivity index (χ4v) is 2.55. The lowest BCUT2D eigenvalue weighted by Gasteiger charge is -2.19. The summed E-state index contributed by atoms with van der Waals surface area (Å²) < 4.78 is 1.13. The Morgan fingerprint density at radius 1 is 1.14 bits per heavy atom. The summed E-state index contributed by atoms with van der Waals surface area (Å²) in [6.07, 6.45) is 2.00. The monoisotopic (exact) mass is 285 g/mol. The molecule has 1 aromatic heterocycles. The van der Waals surface area contributed by atoms with Crippen molar-refractivity contribution >= 4 is 11.7 Å². The molecule has 0 bridgehead atoms. The fourth-order valence-electron chi connectivity index (χ4n) is 2.55. The van der Waals surface area contributed by atoms with E-state index in [0.717, 1.165) is 30.6 Å². The Balaban J connectivity index is 2.15. The van der Waals surface area contributed by atoms with Gasteiger partial charge in [-0.25, -0.2) is 4.79 Å². The number of anilines is 1. The summed E-state index contributed by atoms with van der Waals surface area (Å²) in [5.74, 6) is -1.12. The van der Waals surface area contributed by atoms with Crippen molar-refractivity contribution in [2.24, 2.45) is 0 Å². The number of nitrogens with zero attached hydrogens (tertiary/aromatic N) is 3. The second-order valence-electron chi connectivity index (χ2n) is 4.96. The number of aromatic nitrogens is 2. The summed E-state index contributed by atoms with van der Waals surface area (Å²) in [6.45, 7) is 1.52. The standard InChI is InChI=1S/C15H15N3O3/c19-13-10-12(17-8-4-5-9-17)14(15(20)21)16-18(13)11-6-2-1-3-7-11/h1-3,6-7,10H,4-5,8-9H2,(H,20,21). The molecule has 21 heavy (non-hydrogen) atoms. The van der Waals surface area contributed by atoms with E-state index in [0.29, 0.717) is 11.4 Å². The number of carboxylic acids is 1. The van der Waals surface area contributed by atoms with Crippen molar-refractivity contribution in [1.29, 1.82) is 0 Å². The van der Waals surface area contributed by atoms with Gasteiger partial charge in [-0.05, 0) is 25.0 Å². The lowest BCUT2D eigenvalue weighted by molar-refractivity contribution is 0.0689. The minimum Gasteiger partial charge on any atom is -0.476 e. The highest BCUT2D eigenvalue weighted by molar-refractivity contribution is 5.92. The maximum atomic E-state index is 12.3. The van der Waals surface area contributed by atoms with Gasteiger partial charge in [-0.1, -0.05) is 18.2 Å². The first-order chi connectivity index (χ1) is 10.2. The molecule has 1 aliphatic rings. The SMILES string of the molecule is O=C(O)c1nn(-c2ccccc2)c(=O)cc1N1CCCC1. The normalized spacial score (nSPS) is 14.4. The van der Waals surface area contributed by atoms with E-state index in [-0.39, 0.29) is 11.3 Å². The van der Waals surface area contributed by atoms with Gasteiger partial charge in [0, 0.05) is 19.2 Å². The molecule has 0 spiro atoms. The van der Waals surface area contributed by atoms with Crippen molar-refractivity contribution in [2.75, 3.05) is 18.0 Å². The zero-order valence-corrected chi connectivity index (χ0v) is 11.4. The molecule has 1 fully saturated rings. The van der Waals surface area contributed by atoms with Crippen LogP contribution < -0.4 is 10.5 Å². The number of carbonyl (C=O) groups is 1. The third-order valence-corrected chi connectivity index (χ3v) is 3.56. The van der Waals surface area contributed by atoms with Gasteiger partial charge in [0.2, 0.25) is 0 Å². The van der Waals surface area contributed by atoms with Crippen LogP contribution in [-0.2, 0) is 0 Å². The lowest BCUT2D eigenvalue weighted by Crippen LogP contribution is -2.29. The van der Waals surface area contributed by atoms with E-state index in [1.54, 1.807) is 24.3 Å². The highest BCUT2D eigenvalue weighted by atomic mass is 16.4. The summed E-state index contributed by atoms with van der Waals surface area (Å²) >= 11 is 0. The van der Waals surface area contributed by atoms with E-state index in [9.17, 15) is 14.7 Å². The maximum Gasteiger partial charge on any atom is 0.358 e. The van der Waals surface area contributed by atoms with Crippen LogP contribution in [0.2, 0.25) is 0 Å². The van der Waals surface area contributed by atoms with Crippen LogP contribution in [0.1, 0.15) is 23.3 Å². The minimum absolute atomic E-state index is 0.0830. The predicted molar refractivity (Wildman–Crippen MR) is 78.2 cm³/mol. The Hall–Kier alpha value is -2.63. The molecule has 3 rings (SSSR count). The topological polar surface area (TPSA) is 75.4 Å². The summed E-state index contributed by atoms with van der Waals surface area (Å²) in [4.78, 5) is 25.6. The van der Waals surface area contributed by atoms with E-state index < -0.39 is 5.97 Å². The van der Waals surface area contributed by atoms with Crippen molar-refractivity contribution in [3.63, 3.8) is 0 Å². The number of hydrogen-bond acceptors (Lipinski definition) is 4. The molecule has 0 saturated carbocycles. The highest BCUT2D eigenvalue weighted by Gasteiger charge is 2.22. The van der Waals surface area contributed by atoms with Gasteiger partial charge in [0.25, 0.3) is 5.56 Å². The first-order valence-corrected chi connectivity index (χ1v) is 6.85. The Morgan fingerprint density at radius 3 is 2.43 bits per heavy atom. The number of rotatable bonds is 3. The van der Waals surface area contributed by atoms with Gasteiger partial charge < -0.3 is 10.0 Å². The molecule has 2 aromatic rings. The zero-order chi connectivity index (χ0) is 14.8. The van der Waals surface area contributed by atoms with Crippen LogP contribution in [0.25, 0.3) is 5.69 Å². The smallest absolute Gasteiger partial charge is 0.358 e. The van der Waals surface area contributed by atoms with Gasteiger partial charge in [0.15, 0.2) is 5.69 Å². The third-order valence-electron chi connectivity index (χ3n) is 3.56. The van der Waals surface area contributed by atoms with E-state index in [1.807, 2.05) is 11.0 Å². The summed E-state index contributed by atoms with van der Waals surface area (Å²) in [5, 5.41) is 13.4. The van der Waals surface area contributed by atoms with Crippen LogP contribution >= 0.6 is 0 Å². The third kappa shape index (κ3) is 2.52.